The fourth-order valence-corrected chi connectivity index (χ4v) is 2.52. The van der Waals surface area contributed by atoms with E-state index in [-0.39, 0.29) is 11.9 Å². The lowest BCUT2D eigenvalue weighted by Crippen LogP contribution is -2.08. The van der Waals surface area contributed by atoms with E-state index in [1.165, 1.54) is 0 Å². The van der Waals surface area contributed by atoms with Crippen LogP contribution in [0.3, 0.4) is 0 Å². The van der Waals surface area contributed by atoms with Gasteiger partial charge in [0.15, 0.2) is 11.0 Å². The van der Waals surface area contributed by atoms with Crippen LogP contribution in [0.2, 0.25) is 0 Å². The van der Waals surface area contributed by atoms with Gasteiger partial charge in [-0.2, -0.15) is 0 Å². The number of thioether (sulfide) groups is 1. The van der Waals surface area contributed by atoms with Gasteiger partial charge in [-0.3, -0.25) is 9.36 Å². The molecular formula is C14H17N3O4S. The van der Waals surface area contributed by atoms with E-state index in [9.17, 15) is 4.79 Å². The molecule has 0 bridgehead atoms. The highest BCUT2D eigenvalue weighted by atomic mass is 32.2. The summed E-state index contributed by atoms with van der Waals surface area (Å²) in [6.07, 6.45) is -0.270. The average molecular weight is 323 g/mol. The van der Waals surface area contributed by atoms with Gasteiger partial charge in [0, 0.05) is 12.8 Å². The van der Waals surface area contributed by atoms with Crippen LogP contribution in [0, 0.1) is 0 Å². The second-order valence-electron chi connectivity index (χ2n) is 4.43. The highest BCUT2D eigenvalue weighted by Crippen LogP contribution is 2.27. The molecule has 0 aliphatic heterocycles. The summed E-state index contributed by atoms with van der Waals surface area (Å²) in [4.78, 5) is 10.8. The van der Waals surface area contributed by atoms with Gasteiger partial charge in [0.2, 0.25) is 0 Å². The van der Waals surface area contributed by atoms with E-state index < -0.39 is 5.97 Å². The van der Waals surface area contributed by atoms with Crippen LogP contribution in [0.5, 0.6) is 5.75 Å². The molecule has 22 heavy (non-hydrogen) atoms. The first-order valence-electron chi connectivity index (χ1n) is 6.54. The van der Waals surface area contributed by atoms with E-state index in [1.807, 2.05) is 31.2 Å². The first-order chi connectivity index (χ1) is 10.6. The summed E-state index contributed by atoms with van der Waals surface area (Å²) >= 11 is 1.11. The molecule has 0 fully saturated rings. The van der Waals surface area contributed by atoms with Gasteiger partial charge in [-0.15, -0.1) is 10.2 Å². The molecule has 0 amide bonds. The summed E-state index contributed by atoms with van der Waals surface area (Å²) in [7, 11) is 3.18. The molecule has 0 aliphatic carbocycles. The third kappa shape index (κ3) is 3.58. The molecule has 0 spiro atoms. The van der Waals surface area contributed by atoms with Gasteiger partial charge in [-0.25, -0.2) is 0 Å². The van der Waals surface area contributed by atoms with Crippen molar-refractivity contribution < 1.29 is 19.4 Å². The number of aliphatic carboxylic acids is 1. The molecule has 7 nitrogen and oxygen atoms in total. The number of ether oxygens (including phenoxy) is 2. The molecule has 0 unspecified atom stereocenters. The molecule has 1 atom stereocenters. The van der Waals surface area contributed by atoms with Crippen molar-refractivity contribution in [3.05, 3.63) is 30.1 Å². The summed E-state index contributed by atoms with van der Waals surface area (Å²) in [5.74, 6) is 0.351. The van der Waals surface area contributed by atoms with Crippen LogP contribution in [0.1, 0.15) is 18.9 Å². The number of hydrogen-bond acceptors (Lipinski definition) is 6. The molecule has 1 heterocycles. The van der Waals surface area contributed by atoms with Crippen LogP contribution >= 0.6 is 11.8 Å². The first-order valence-corrected chi connectivity index (χ1v) is 7.52. The van der Waals surface area contributed by atoms with Gasteiger partial charge in [-0.05, 0) is 31.2 Å². The van der Waals surface area contributed by atoms with Crippen LogP contribution in [-0.2, 0) is 9.53 Å². The molecule has 2 aromatic rings. The number of aromatic nitrogens is 3. The standard InChI is InChI=1S/C14H17N3O4S/c1-9(20-2)13-15-16-14(22-8-12(18)19)17(13)10-4-6-11(21-3)7-5-10/h4-7,9H,8H2,1-3H3,(H,18,19)/t9-/m0/s1. The molecule has 1 N–H and O–H groups in total. The van der Waals surface area contributed by atoms with Gasteiger partial charge < -0.3 is 14.6 Å². The average Bonchev–Trinajstić information content (AvgIpc) is 2.96. The Hall–Kier alpha value is -2.06. The number of nitrogens with zero attached hydrogens (tertiary/aromatic N) is 3. The lowest BCUT2D eigenvalue weighted by Gasteiger charge is -2.13. The number of methoxy groups -OCH3 is 2. The number of rotatable bonds is 7. The highest BCUT2D eigenvalue weighted by molar-refractivity contribution is 7.99. The Labute approximate surface area is 132 Å². The van der Waals surface area contributed by atoms with Gasteiger partial charge in [0.25, 0.3) is 0 Å². The smallest absolute Gasteiger partial charge is 0.313 e. The van der Waals surface area contributed by atoms with Gasteiger partial charge in [0.05, 0.1) is 12.9 Å². The molecule has 118 valence electrons. The predicted octanol–water partition coefficient (Wildman–Crippen LogP) is 2.16. The Balaban J connectivity index is 2.43. The zero-order valence-corrected chi connectivity index (χ0v) is 13.3. The van der Waals surface area contributed by atoms with Gasteiger partial charge in [0.1, 0.15) is 11.9 Å². The molecule has 8 heteroatoms. The zero-order chi connectivity index (χ0) is 16.1. The second kappa shape index (κ2) is 7.28. The molecule has 0 saturated heterocycles. The Morgan fingerprint density at radius 3 is 2.55 bits per heavy atom. The van der Waals surface area contributed by atoms with E-state index in [0.717, 1.165) is 23.2 Å². The lowest BCUT2D eigenvalue weighted by molar-refractivity contribution is -0.133. The summed E-state index contributed by atoms with van der Waals surface area (Å²) in [5, 5.41) is 17.6. The molecule has 0 saturated carbocycles. The van der Waals surface area contributed by atoms with Crippen molar-refractivity contribution >= 4 is 17.7 Å². The van der Waals surface area contributed by atoms with Crippen LogP contribution in [0.4, 0.5) is 0 Å². The summed E-state index contributed by atoms with van der Waals surface area (Å²) < 4.78 is 12.2. The first kappa shape index (κ1) is 16.3. The van der Waals surface area contributed by atoms with Crippen LogP contribution < -0.4 is 4.74 Å². The number of carbonyl (C=O) groups is 1. The predicted molar refractivity (Wildman–Crippen MR) is 81.7 cm³/mol. The van der Waals surface area contributed by atoms with Crippen molar-refractivity contribution in [3.63, 3.8) is 0 Å². The van der Waals surface area contributed by atoms with Crippen LogP contribution in [0.25, 0.3) is 5.69 Å². The zero-order valence-electron chi connectivity index (χ0n) is 12.5. The Bertz CT molecular complexity index is 642. The minimum absolute atomic E-state index is 0.0876. The maximum absolute atomic E-state index is 10.8. The fourth-order valence-electron chi connectivity index (χ4n) is 1.84. The van der Waals surface area contributed by atoms with Crippen molar-refractivity contribution in [2.45, 2.75) is 18.2 Å². The molecule has 1 aromatic carbocycles. The summed E-state index contributed by atoms with van der Waals surface area (Å²) in [6, 6.07) is 7.36. The topological polar surface area (TPSA) is 86.5 Å². The van der Waals surface area contributed by atoms with Crippen molar-refractivity contribution in [1.29, 1.82) is 0 Å². The van der Waals surface area contributed by atoms with E-state index in [4.69, 9.17) is 14.6 Å². The highest BCUT2D eigenvalue weighted by Gasteiger charge is 2.20. The Morgan fingerprint density at radius 2 is 2.00 bits per heavy atom. The van der Waals surface area contributed by atoms with Crippen molar-refractivity contribution in [2.75, 3.05) is 20.0 Å². The van der Waals surface area contributed by atoms with E-state index >= 15 is 0 Å². The lowest BCUT2D eigenvalue weighted by atomic mass is 10.3. The molecule has 2 rings (SSSR count). The van der Waals surface area contributed by atoms with Gasteiger partial charge in [-0.1, -0.05) is 11.8 Å². The SMILES string of the molecule is COc1ccc(-n2c(SCC(=O)O)nnc2[C@H](C)OC)cc1. The number of carboxylic acids is 1. The van der Waals surface area contributed by atoms with Crippen LogP contribution in [-0.4, -0.2) is 45.8 Å². The fraction of sp³-hybridized carbons (Fsp3) is 0.357. The minimum Gasteiger partial charge on any atom is -0.497 e. The third-order valence-corrected chi connectivity index (χ3v) is 3.94. The Morgan fingerprint density at radius 1 is 1.32 bits per heavy atom. The number of carboxylic acid groups (broad SMARTS) is 1. The Kier molecular flexibility index (Phi) is 5.40. The quantitative estimate of drug-likeness (QED) is 0.781. The molecule has 1 aromatic heterocycles. The van der Waals surface area contributed by atoms with E-state index in [1.54, 1.807) is 18.8 Å². The summed E-state index contributed by atoms with van der Waals surface area (Å²) in [5.41, 5.74) is 0.817. The van der Waals surface area contributed by atoms with Crippen molar-refractivity contribution in [2.24, 2.45) is 0 Å². The summed E-state index contributed by atoms with van der Waals surface area (Å²) in [6.45, 7) is 1.86. The molecule has 0 aliphatic rings. The largest absolute Gasteiger partial charge is 0.497 e. The van der Waals surface area contributed by atoms with E-state index in [2.05, 4.69) is 10.2 Å². The number of benzene rings is 1. The monoisotopic (exact) mass is 323 g/mol. The molecule has 0 radical (unpaired) electrons. The number of hydrogen-bond donors (Lipinski definition) is 1. The van der Waals surface area contributed by atoms with Crippen molar-refractivity contribution in [3.8, 4) is 11.4 Å². The third-order valence-electron chi connectivity index (χ3n) is 3.03. The van der Waals surface area contributed by atoms with E-state index in [0.29, 0.717) is 11.0 Å². The second-order valence-corrected chi connectivity index (χ2v) is 5.38. The van der Waals surface area contributed by atoms with Crippen LogP contribution in [0.15, 0.2) is 29.4 Å². The maximum atomic E-state index is 10.8. The maximum Gasteiger partial charge on any atom is 0.313 e. The van der Waals surface area contributed by atoms with Gasteiger partial charge >= 0.3 is 5.97 Å². The van der Waals surface area contributed by atoms with Crippen molar-refractivity contribution in [1.82, 2.24) is 14.8 Å². The molecular weight excluding hydrogens is 306 g/mol. The normalized spacial score (nSPS) is 12.1. The minimum atomic E-state index is -0.907.